The van der Waals surface area contributed by atoms with E-state index in [4.69, 9.17) is 0 Å². The third kappa shape index (κ3) is 6.20. The molecule has 188 valence electrons. The minimum atomic E-state index is -4.42. The van der Waals surface area contributed by atoms with E-state index in [0.29, 0.717) is 42.0 Å². The van der Waals surface area contributed by atoms with Crippen molar-refractivity contribution in [3.8, 4) is 16.9 Å². The first-order valence-corrected chi connectivity index (χ1v) is 12.7. The fourth-order valence-electron chi connectivity index (χ4n) is 3.78. The van der Waals surface area contributed by atoms with Gasteiger partial charge in [0, 0.05) is 42.3 Å². The van der Waals surface area contributed by atoms with E-state index < -0.39 is 21.8 Å². The molecule has 4 rings (SSSR count). The SMILES string of the molecule is O=S(=O)(NCCNCC[OH+]c1ccccc1-c1cccc(C(F)(F)F)c1)c1cccc2cnccc12. The van der Waals surface area contributed by atoms with E-state index in [0.717, 1.165) is 17.5 Å². The first-order chi connectivity index (χ1) is 17.3. The summed E-state index contributed by atoms with van der Waals surface area (Å²) in [5.41, 5.74) is 0.344. The van der Waals surface area contributed by atoms with Crippen molar-refractivity contribution in [2.75, 3.05) is 26.2 Å². The second-order valence-electron chi connectivity index (χ2n) is 7.98. The fourth-order valence-corrected chi connectivity index (χ4v) is 5.04. The molecule has 0 spiro atoms. The number of alkyl halides is 3. The highest BCUT2D eigenvalue weighted by molar-refractivity contribution is 7.89. The predicted molar refractivity (Wildman–Crippen MR) is 133 cm³/mol. The molecule has 0 saturated heterocycles. The van der Waals surface area contributed by atoms with Crippen LogP contribution in [0.25, 0.3) is 21.9 Å². The van der Waals surface area contributed by atoms with E-state index >= 15 is 0 Å². The lowest BCUT2D eigenvalue weighted by atomic mass is 10.0. The van der Waals surface area contributed by atoms with Crippen LogP contribution in [0.15, 0.2) is 90.1 Å². The Labute approximate surface area is 207 Å². The number of aromatic hydroxyl groups is 1. The summed E-state index contributed by atoms with van der Waals surface area (Å²) in [6.45, 7) is 1.42. The number of aromatic nitrogens is 1. The van der Waals surface area contributed by atoms with Gasteiger partial charge in [-0.3, -0.25) is 4.98 Å². The van der Waals surface area contributed by atoms with Crippen molar-refractivity contribution in [3.63, 3.8) is 0 Å². The van der Waals surface area contributed by atoms with Crippen molar-refractivity contribution >= 4 is 20.8 Å². The standard InChI is InChI=1S/C26H24F3N3O3S/c27-26(28,29)21-7-3-5-19(17-21)22-8-1-2-9-24(22)35-16-15-30-13-14-32-36(33,34)25-10-4-6-20-18-31-12-11-23(20)25/h1-12,17-18,30,32H,13-16H2/p+1. The van der Waals surface area contributed by atoms with E-state index in [-0.39, 0.29) is 11.4 Å². The van der Waals surface area contributed by atoms with Crippen LogP contribution >= 0.6 is 0 Å². The van der Waals surface area contributed by atoms with Gasteiger partial charge in [-0.05, 0) is 35.9 Å². The van der Waals surface area contributed by atoms with E-state index in [2.05, 4.69) is 19.8 Å². The normalized spacial score (nSPS) is 12.1. The van der Waals surface area contributed by atoms with Gasteiger partial charge in [0.15, 0.2) is 6.61 Å². The summed E-state index contributed by atoms with van der Waals surface area (Å²) in [5, 5.41) is 4.47. The van der Waals surface area contributed by atoms with Gasteiger partial charge in [-0.25, -0.2) is 13.1 Å². The summed E-state index contributed by atoms with van der Waals surface area (Å²) < 4.78 is 71.9. The van der Waals surface area contributed by atoms with Crippen LogP contribution in [-0.2, 0) is 16.2 Å². The number of fused-ring (bicyclic) bond motifs is 1. The topological polar surface area (TPSA) is 83.9 Å². The number of ether oxygens (including phenoxy) is 1. The number of aliphatic hydroxyl groups is 1. The quantitative estimate of drug-likeness (QED) is 0.236. The second-order valence-corrected chi connectivity index (χ2v) is 9.71. The Morgan fingerprint density at radius 3 is 2.53 bits per heavy atom. The van der Waals surface area contributed by atoms with Gasteiger partial charge >= 0.3 is 6.18 Å². The zero-order valence-electron chi connectivity index (χ0n) is 19.2. The van der Waals surface area contributed by atoms with Crippen LogP contribution in [-0.4, -0.2) is 44.4 Å². The van der Waals surface area contributed by atoms with Gasteiger partial charge in [-0.15, -0.1) is 0 Å². The lowest BCUT2D eigenvalue weighted by Gasteiger charge is -2.12. The van der Waals surface area contributed by atoms with Crippen LogP contribution in [0.4, 0.5) is 13.2 Å². The Kier molecular flexibility index (Phi) is 7.88. The Morgan fingerprint density at radius 2 is 1.69 bits per heavy atom. The van der Waals surface area contributed by atoms with Crippen LogP contribution in [0.5, 0.6) is 5.75 Å². The monoisotopic (exact) mass is 516 g/mol. The predicted octanol–water partition coefficient (Wildman–Crippen LogP) is 4.73. The molecule has 10 heteroatoms. The van der Waals surface area contributed by atoms with Crippen LogP contribution in [0.1, 0.15) is 5.56 Å². The molecule has 0 atom stereocenters. The van der Waals surface area contributed by atoms with E-state index in [1.165, 1.54) is 6.07 Å². The molecule has 0 saturated carbocycles. The molecule has 0 aliphatic rings. The van der Waals surface area contributed by atoms with Gasteiger partial charge in [-0.1, -0.05) is 36.4 Å². The Bertz CT molecular complexity index is 1440. The molecular weight excluding hydrogens is 491 g/mol. The second kappa shape index (κ2) is 11.1. The Morgan fingerprint density at radius 1 is 0.889 bits per heavy atom. The average Bonchev–Trinajstić information content (AvgIpc) is 2.87. The molecule has 3 N–H and O–H groups in total. The number of nitrogens with zero attached hydrogens (tertiary/aromatic N) is 1. The molecule has 0 amide bonds. The van der Waals surface area contributed by atoms with Gasteiger partial charge < -0.3 is 10.1 Å². The number of pyridine rings is 1. The van der Waals surface area contributed by atoms with E-state index in [1.54, 1.807) is 67.0 Å². The van der Waals surface area contributed by atoms with Crippen molar-refractivity contribution < 1.29 is 26.3 Å². The number of sulfonamides is 1. The largest absolute Gasteiger partial charge is 0.581 e. The molecule has 3 aromatic carbocycles. The maximum atomic E-state index is 13.1. The number of hydrogen-bond donors (Lipinski definition) is 2. The van der Waals surface area contributed by atoms with Gasteiger partial charge in [0.05, 0.1) is 22.6 Å². The maximum Gasteiger partial charge on any atom is 0.416 e. The van der Waals surface area contributed by atoms with Crippen LogP contribution in [0.3, 0.4) is 0 Å². The van der Waals surface area contributed by atoms with Crippen molar-refractivity contribution in [2.24, 2.45) is 0 Å². The summed E-state index contributed by atoms with van der Waals surface area (Å²) in [6, 6.07) is 18.9. The highest BCUT2D eigenvalue weighted by Crippen LogP contribution is 2.35. The number of nitrogens with one attached hydrogen (secondary N) is 2. The molecule has 0 aliphatic carbocycles. The van der Waals surface area contributed by atoms with Crippen LogP contribution in [0.2, 0.25) is 0 Å². The Balaban J connectivity index is 1.28. The molecule has 0 bridgehead atoms. The lowest BCUT2D eigenvalue weighted by Crippen LogP contribution is -2.33. The number of halogens is 3. The third-order valence-corrected chi connectivity index (χ3v) is 7.02. The number of hydrogen-bond acceptors (Lipinski definition) is 4. The van der Waals surface area contributed by atoms with Crippen molar-refractivity contribution in [1.29, 1.82) is 0 Å². The zero-order chi connectivity index (χ0) is 25.6. The highest BCUT2D eigenvalue weighted by atomic mass is 32.2. The maximum absolute atomic E-state index is 13.1. The molecule has 0 unspecified atom stereocenters. The number of rotatable bonds is 10. The lowest BCUT2D eigenvalue weighted by molar-refractivity contribution is -0.137. The molecule has 1 heterocycles. The molecule has 36 heavy (non-hydrogen) atoms. The van der Waals surface area contributed by atoms with Crippen LogP contribution in [0, 0.1) is 0 Å². The summed E-state index contributed by atoms with van der Waals surface area (Å²) in [7, 11) is -3.69. The molecule has 0 aliphatic heterocycles. The average molecular weight is 517 g/mol. The molecule has 1 aromatic heterocycles. The zero-order valence-corrected chi connectivity index (χ0v) is 20.0. The summed E-state index contributed by atoms with van der Waals surface area (Å²) in [4.78, 5) is 4.22. The minimum absolute atomic E-state index is 0.185. The highest BCUT2D eigenvalue weighted by Gasteiger charge is 2.30. The van der Waals surface area contributed by atoms with E-state index in [1.807, 2.05) is 0 Å². The smallest absolute Gasteiger partial charge is 0.416 e. The fraction of sp³-hybridized carbons (Fsp3) is 0.192. The van der Waals surface area contributed by atoms with Gasteiger partial charge in [0.1, 0.15) is 0 Å². The summed E-state index contributed by atoms with van der Waals surface area (Å²) in [6.07, 6.45) is -1.25. The van der Waals surface area contributed by atoms with E-state index in [9.17, 15) is 21.6 Å². The first kappa shape index (κ1) is 25.6. The number of para-hydroxylation sites is 1. The van der Waals surface area contributed by atoms with Gasteiger partial charge in [0.2, 0.25) is 10.0 Å². The van der Waals surface area contributed by atoms with Gasteiger partial charge in [-0.2, -0.15) is 13.2 Å². The molecule has 6 nitrogen and oxygen atoms in total. The molecule has 4 aromatic rings. The summed E-state index contributed by atoms with van der Waals surface area (Å²) in [5.74, 6) is 0.588. The molecule has 0 radical (unpaired) electrons. The third-order valence-electron chi connectivity index (χ3n) is 5.50. The van der Waals surface area contributed by atoms with Crippen molar-refractivity contribution in [2.45, 2.75) is 11.1 Å². The van der Waals surface area contributed by atoms with Gasteiger partial charge in [0.25, 0.3) is 5.75 Å². The Hall–Kier alpha value is -3.47. The first-order valence-electron chi connectivity index (χ1n) is 11.2. The molecular formula is C26H25F3N3O3S+. The molecule has 0 fully saturated rings. The summed E-state index contributed by atoms with van der Waals surface area (Å²) >= 11 is 0. The van der Waals surface area contributed by atoms with Crippen molar-refractivity contribution in [1.82, 2.24) is 15.0 Å². The minimum Gasteiger partial charge on any atom is -0.581 e. The van der Waals surface area contributed by atoms with Crippen LogP contribution < -0.4 is 10.0 Å². The van der Waals surface area contributed by atoms with Crippen molar-refractivity contribution in [3.05, 3.63) is 90.8 Å². The number of benzene rings is 3.